The molecule has 0 aliphatic rings. The third kappa shape index (κ3) is 2.69. The summed E-state index contributed by atoms with van der Waals surface area (Å²) in [5, 5.41) is 0. The quantitative estimate of drug-likeness (QED) is 0.547. The zero-order chi connectivity index (χ0) is 11.4. The first-order chi connectivity index (χ1) is 7.06. The second kappa shape index (κ2) is 4.78. The van der Waals surface area contributed by atoms with Crippen molar-refractivity contribution in [3.63, 3.8) is 0 Å². The Morgan fingerprint density at radius 2 is 1.67 bits per heavy atom. The Labute approximate surface area is 90.6 Å². The number of benzene rings is 1. The van der Waals surface area contributed by atoms with Crippen LogP contribution in [0.2, 0.25) is 0 Å². The van der Waals surface area contributed by atoms with Crippen molar-refractivity contribution in [1.82, 2.24) is 0 Å². The molecule has 1 rings (SSSR count). The lowest BCUT2D eigenvalue weighted by molar-refractivity contribution is -0.133. The average molecular weight is 204 g/mol. The third-order valence-electron chi connectivity index (χ3n) is 2.23. The van der Waals surface area contributed by atoms with Gasteiger partial charge in [0.1, 0.15) is 0 Å². The number of carbonyl (C=O) groups excluding carboxylic acids is 1. The van der Waals surface area contributed by atoms with Crippen LogP contribution in [0.25, 0.3) is 5.57 Å². The fraction of sp³-hybridized carbons (Fsp3) is 0.308. The Kier molecular flexibility index (Phi) is 3.67. The first-order valence-electron chi connectivity index (χ1n) is 4.89. The molecule has 0 fully saturated rings. The monoisotopic (exact) mass is 204 g/mol. The first-order valence-corrected chi connectivity index (χ1v) is 4.89. The Morgan fingerprint density at radius 3 is 2.07 bits per heavy atom. The van der Waals surface area contributed by atoms with Crippen molar-refractivity contribution in [3.8, 4) is 0 Å². The molecule has 0 atom stereocenters. The van der Waals surface area contributed by atoms with Gasteiger partial charge in [-0.1, -0.05) is 35.4 Å². The van der Waals surface area contributed by atoms with E-state index in [1.54, 1.807) is 0 Å². The van der Waals surface area contributed by atoms with E-state index in [1.165, 1.54) is 12.7 Å². The van der Waals surface area contributed by atoms with Gasteiger partial charge in [0.15, 0.2) is 0 Å². The van der Waals surface area contributed by atoms with E-state index < -0.39 is 0 Å². The minimum atomic E-state index is -0.279. The zero-order valence-electron chi connectivity index (χ0n) is 9.63. The summed E-state index contributed by atoms with van der Waals surface area (Å²) in [7, 11) is 1.40. The third-order valence-corrected chi connectivity index (χ3v) is 2.23. The van der Waals surface area contributed by atoms with Gasteiger partial charge in [0.05, 0.1) is 12.7 Å². The standard InChI is InChI=1S/C13H16O2/c1-9(2)12(13(14)15-4)11-7-5-10(3)6-8-11/h5-8H,1-4H3. The number of rotatable bonds is 2. The van der Waals surface area contributed by atoms with Crippen molar-refractivity contribution in [2.75, 3.05) is 7.11 Å². The van der Waals surface area contributed by atoms with E-state index in [4.69, 9.17) is 4.74 Å². The van der Waals surface area contributed by atoms with Gasteiger partial charge < -0.3 is 4.74 Å². The Hall–Kier alpha value is -1.57. The van der Waals surface area contributed by atoms with Gasteiger partial charge in [-0.3, -0.25) is 0 Å². The molecule has 0 bridgehead atoms. The molecule has 2 nitrogen and oxygen atoms in total. The Balaban J connectivity index is 3.18. The summed E-state index contributed by atoms with van der Waals surface area (Å²) >= 11 is 0. The summed E-state index contributed by atoms with van der Waals surface area (Å²) < 4.78 is 4.76. The van der Waals surface area contributed by atoms with Crippen LogP contribution in [-0.2, 0) is 9.53 Å². The summed E-state index contributed by atoms with van der Waals surface area (Å²) in [6, 6.07) is 7.85. The van der Waals surface area contributed by atoms with Crippen LogP contribution in [0.3, 0.4) is 0 Å². The van der Waals surface area contributed by atoms with Crippen molar-refractivity contribution >= 4 is 11.5 Å². The predicted molar refractivity (Wildman–Crippen MR) is 61.5 cm³/mol. The summed E-state index contributed by atoms with van der Waals surface area (Å²) in [5.41, 5.74) is 3.70. The maximum atomic E-state index is 11.6. The molecule has 0 radical (unpaired) electrons. The SMILES string of the molecule is COC(=O)C(=C(C)C)c1ccc(C)cc1. The summed E-state index contributed by atoms with van der Waals surface area (Å²) in [6.07, 6.45) is 0. The molecule has 0 aliphatic heterocycles. The summed E-state index contributed by atoms with van der Waals surface area (Å²) in [5.74, 6) is -0.279. The lowest BCUT2D eigenvalue weighted by Crippen LogP contribution is -2.05. The van der Waals surface area contributed by atoms with Crippen LogP contribution in [0.15, 0.2) is 29.8 Å². The number of hydrogen-bond acceptors (Lipinski definition) is 2. The number of ether oxygens (including phenoxy) is 1. The number of carbonyl (C=O) groups is 1. The molecule has 15 heavy (non-hydrogen) atoms. The normalized spacial score (nSPS) is 9.60. The molecule has 0 aromatic heterocycles. The van der Waals surface area contributed by atoms with Gasteiger partial charge in [0.25, 0.3) is 0 Å². The van der Waals surface area contributed by atoms with Crippen LogP contribution in [0, 0.1) is 6.92 Å². The minimum absolute atomic E-state index is 0.279. The fourth-order valence-corrected chi connectivity index (χ4v) is 1.43. The highest BCUT2D eigenvalue weighted by atomic mass is 16.5. The molecule has 0 amide bonds. The van der Waals surface area contributed by atoms with Crippen molar-refractivity contribution in [1.29, 1.82) is 0 Å². The van der Waals surface area contributed by atoms with Crippen LogP contribution >= 0.6 is 0 Å². The molecule has 0 unspecified atom stereocenters. The number of hydrogen-bond donors (Lipinski definition) is 0. The molecule has 80 valence electrons. The number of esters is 1. The van der Waals surface area contributed by atoms with Gasteiger partial charge in [0, 0.05) is 0 Å². The average Bonchev–Trinajstić information content (AvgIpc) is 2.20. The lowest BCUT2D eigenvalue weighted by atomic mass is 10.0. The molecule has 2 heteroatoms. The number of aryl methyl sites for hydroxylation is 1. The highest BCUT2D eigenvalue weighted by molar-refractivity contribution is 6.17. The lowest BCUT2D eigenvalue weighted by Gasteiger charge is -2.08. The molecule has 0 aliphatic carbocycles. The molecule has 0 spiro atoms. The van der Waals surface area contributed by atoms with E-state index in [0.717, 1.165) is 11.1 Å². The largest absolute Gasteiger partial charge is 0.465 e. The summed E-state index contributed by atoms with van der Waals surface area (Å²) in [4.78, 5) is 11.6. The van der Waals surface area contributed by atoms with E-state index >= 15 is 0 Å². The van der Waals surface area contributed by atoms with Crippen molar-refractivity contribution < 1.29 is 9.53 Å². The van der Waals surface area contributed by atoms with Crippen molar-refractivity contribution in [3.05, 3.63) is 41.0 Å². The van der Waals surface area contributed by atoms with Gasteiger partial charge in [-0.15, -0.1) is 0 Å². The van der Waals surface area contributed by atoms with Gasteiger partial charge in [-0.05, 0) is 26.3 Å². The zero-order valence-corrected chi connectivity index (χ0v) is 9.63. The molecule has 0 heterocycles. The van der Waals surface area contributed by atoms with Crippen LogP contribution < -0.4 is 0 Å². The van der Waals surface area contributed by atoms with E-state index in [0.29, 0.717) is 5.57 Å². The number of methoxy groups -OCH3 is 1. The van der Waals surface area contributed by atoms with E-state index in [1.807, 2.05) is 45.0 Å². The highest BCUT2D eigenvalue weighted by Crippen LogP contribution is 2.20. The van der Waals surface area contributed by atoms with E-state index in [2.05, 4.69) is 0 Å². The molecule has 0 saturated carbocycles. The van der Waals surface area contributed by atoms with Crippen LogP contribution in [-0.4, -0.2) is 13.1 Å². The maximum Gasteiger partial charge on any atom is 0.338 e. The van der Waals surface area contributed by atoms with Crippen LogP contribution in [0.4, 0.5) is 0 Å². The molecular formula is C13H16O2. The van der Waals surface area contributed by atoms with Gasteiger partial charge in [-0.25, -0.2) is 4.79 Å². The second-order valence-corrected chi connectivity index (χ2v) is 3.73. The predicted octanol–water partition coefficient (Wildman–Crippen LogP) is 2.96. The van der Waals surface area contributed by atoms with Crippen molar-refractivity contribution in [2.45, 2.75) is 20.8 Å². The fourth-order valence-electron chi connectivity index (χ4n) is 1.43. The Morgan fingerprint density at radius 1 is 1.13 bits per heavy atom. The molecule has 1 aromatic rings. The smallest absolute Gasteiger partial charge is 0.338 e. The molecular weight excluding hydrogens is 188 g/mol. The number of allylic oxidation sites excluding steroid dienone is 1. The molecule has 0 N–H and O–H groups in total. The highest BCUT2D eigenvalue weighted by Gasteiger charge is 2.13. The molecule has 0 saturated heterocycles. The Bertz CT molecular complexity index is 382. The molecule has 1 aromatic carbocycles. The van der Waals surface area contributed by atoms with Crippen LogP contribution in [0.1, 0.15) is 25.0 Å². The van der Waals surface area contributed by atoms with Gasteiger partial charge in [0.2, 0.25) is 0 Å². The van der Waals surface area contributed by atoms with Gasteiger partial charge in [-0.2, -0.15) is 0 Å². The van der Waals surface area contributed by atoms with Crippen LogP contribution in [0.5, 0.6) is 0 Å². The topological polar surface area (TPSA) is 26.3 Å². The van der Waals surface area contributed by atoms with E-state index in [9.17, 15) is 4.79 Å². The summed E-state index contributed by atoms with van der Waals surface area (Å²) in [6.45, 7) is 5.84. The van der Waals surface area contributed by atoms with Crippen molar-refractivity contribution in [2.24, 2.45) is 0 Å². The van der Waals surface area contributed by atoms with Gasteiger partial charge >= 0.3 is 5.97 Å². The van der Waals surface area contributed by atoms with E-state index in [-0.39, 0.29) is 5.97 Å². The minimum Gasteiger partial charge on any atom is -0.465 e. The maximum absolute atomic E-state index is 11.6. The second-order valence-electron chi connectivity index (χ2n) is 3.73. The first kappa shape index (κ1) is 11.5.